The molecule has 2 unspecified atom stereocenters. The van der Waals surface area contributed by atoms with Gasteiger partial charge in [0.15, 0.2) is 0 Å². The smallest absolute Gasteiger partial charge is 0.266 e. The molecule has 5 rings (SSSR count). The molecule has 0 radical (unpaired) electrons. The Morgan fingerprint density at radius 1 is 1.24 bits per heavy atom. The number of hydrogen-bond acceptors (Lipinski definition) is 4. The molecular formula is C20H17F3N4O2. The molecule has 2 atom stereocenters. The van der Waals surface area contributed by atoms with Crippen LogP contribution in [0.1, 0.15) is 18.4 Å². The molecule has 2 saturated heterocycles. The number of ether oxygens (including phenoxy) is 1. The van der Waals surface area contributed by atoms with Crippen LogP contribution in [-0.2, 0) is 16.1 Å². The maximum Gasteiger partial charge on any atom is 0.266 e. The van der Waals surface area contributed by atoms with Gasteiger partial charge in [0.1, 0.15) is 17.9 Å². The highest BCUT2D eigenvalue weighted by Gasteiger charge is 2.41. The van der Waals surface area contributed by atoms with Gasteiger partial charge in [0.05, 0.1) is 36.0 Å². The average Bonchev–Trinajstić information content (AvgIpc) is 3.44. The molecule has 150 valence electrons. The molecule has 0 N–H and O–H groups in total. The molecule has 9 heteroatoms. The molecule has 0 spiro atoms. The van der Waals surface area contributed by atoms with Gasteiger partial charge in [-0.05, 0) is 30.2 Å². The topological polar surface area (TPSA) is 60.2 Å². The lowest BCUT2D eigenvalue weighted by Crippen LogP contribution is -2.43. The third-order valence-electron chi connectivity index (χ3n) is 5.57. The second-order valence-corrected chi connectivity index (χ2v) is 7.36. The van der Waals surface area contributed by atoms with E-state index in [1.54, 1.807) is 16.9 Å². The summed E-state index contributed by atoms with van der Waals surface area (Å²) in [5.74, 6) is -0.990. The van der Waals surface area contributed by atoms with Crippen molar-refractivity contribution in [2.75, 3.05) is 13.2 Å². The van der Waals surface area contributed by atoms with E-state index < -0.39 is 17.8 Å². The molecule has 2 aliphatic heterocycles. The van der Waals surface area contributed by atoms with Gasteiger partial charge < -0.3 is 9.64 Å². The van der Waals surface area contributed by atoms with Crippen molar-refractivity contribution in [2.24, 2.45) is 0 Å². The van der Waals surface area contributed by atoms with Crippen LogP contribution in [0.4, 0.5) is 13.2 Å². The zero-order valence-electron chi connectivity index (χ0n) is 15.3. The number of morpholine rings is 1. The third kappa shape index (κ3) is 3.15. The van der Waals surface area contributed by atoms with E-state index in [1.165, 1.54) is 12.3 Å². The standard InChI is InChI=1S/C20H17F3N4O2/c21-16-2-1-11(3-15(16)20(22)23)12-4-18-17(24-6-12)7-25-27(18)9-19(28)26-8-14-5-13(26)10-29-14/h1-4,6-7,13-14,20H,5,8-10H2. The van der Waals surface area contributed by atoms with Gasteiger partial charge in [-0.2, -0.15) is 5.10 Å². The number of fused-ring (bicyclic) bond motifs is 3. The lowest BCUT2D eigenvalue weighted by Gasteiger charge is -2.26. The first-order valence-electron chi connectivity index (χ1n) is 9.30. The van der Waals surface area contributed by atoms with Crippen LogP contribution in [0.25, 0.3) is 22.2 Å². The summed E-state index contributed by atoms with van der Waals surface area (Å²) in [4.78, 5) is 18.9. The molecule has 0 saturated carbocycles. The fourth-order valence-electron chi connectivity index (χ4n) is 4.05. The van der Waals surface area contributed by atoms with Crippen LogP contribution in [0.2, 0.25) is 0 Å². The summed E-state index contributed by atoms with van der Waals surface area (Å²) >= 11 is 0. The second-order valence-electron chi connectivity index (χ2n) is 7.36. The predicted molar refractivity (Wildman–Crippen MR) is 97.7 cm³/mol. The first-order valence-corrected chi connectivity index (χ1v) is 9.30. The monoisotopic (exact) mass is 402 g/mol. The summed E-state index contributed by atoms with van der Waals surface area (Å²) in [5, 5.41) is 4.26. The van der Waals surface area contributed by atoms with E-state index >= 15 is 0 Å². The van der Waals surface area contributed by atoms with Crippen molar-refractivity contribution in [1.82, 2.24) is 19.7 Å². The van der Waals surface area contributed by atoms with Crippen molar-refractivity contribution in [1.29, 1.82) is 0 Å². The van der Waals surface area contributed by atoms with E-state index in [0.29, 0.717) is 35.3 Å². The molecule has 3 aromatic rings. The summed E-state index contributed by atoms with van der Waals surface area (Å²) in [7, 11) is 0. The average molecular weight is 402 g/mol. The van der Waals surface area contributed by atoms with E-state index in [0.717, 1.165) is 18.6 Å². The van der Waals surface area contributed by atoms with Crippen molar-refractivity contribution in [2.45, 2.75) is 31.5 Å². The van der Waals surface area contributed by atoms with Gasteiger partial charge in [-0.3, -0.25) is 14.5 Å². The van der Waals surface area contributed by atoms with Gasteiger partial charge in [-0.1, -0.05) is 6.07 Å². The molecule has 1 amide bonds. The number of pyridine rings is 1. The van der Waals surface area contributed by atoms with Crippen LogP contribution < -0.4 is 0 Å². The van der Waals surface area contributed by atoms with E-state index in [1.807, 2.05) is 4.90 Å². The quantitative estimate of drug-likeness (QED) is 0.673. The zero-order chi connectivity index (χ0) is 20.1. The Hall–Kier alpha value is -2.94. The Labute approximate surface area is 163 Å². The minimum Gasteiger partial charge on any atom is -0.374 e. The summed E-state index contributed by atoms with van der Waals surface area (Å²) in [6.07, 6.45) is 1.16. The molecule has 2 fully saturated rings. The highest BCUT2D eigenvalue weighted by Crippen LogP contribution is 2.30. The van der Waals surface area contributed by atoms with Gasteiger partial charge in [-0.15, -0.1) is 0 Å². The minimum atomic E-state index is -2.91. The highest BCUT2D eigenvalue weighted by molar-refractivity contribution is 5.83. The zero-order valence-corrected chi connectivity index (χ0v) is 15.3. The molecule has 2 aliphatic rings. The number of halogens is 3. The number of aromatic nitrogens is 3. The van der Waals surface area contributed by atoms with E-state index in [-0.39, 0.29) is 24.6 Å². The fourth-order valence-corrected chi connectivity index (χ4v) is 4.05. The Morgan fingerprint density at radius 2 is 2.10 bits per heavy atom. The predicted octanol–water partition coefficient (Wildman–Crippen LogP) is 3.17. The number of benzene rings is 1. The molecule has 2 aromatic heterocycles. The number of carbonyl (C=O) groups excluding carboxylic acids is 1. The Kier molecular flexibility index (Phi) is 4.27. The molecule has 1 aromatic carbocycles. The lowest BCUT2D eigenvalue weighted by atomic mass is 10.0. The van der Waals surface area contributed by atoms with Crippen molar-refractivity contribution < 1.29 is 22.7 Å². The number of carbonyl (C=O) groups is 1. The summed E-state index contributed by atoms with van der Waals surface area (Å²) in [6.45, 7) is 1.22. The van der Waals surface area contributed by atoms with Gasteiger partial charge in [-0.25, -0.2) is 13.2 Å². The van der Waals surface area contributed by atoms with Crippen molar-refractivity contribution in [3.8, 4) is 11.1 Å². The van der Waals surface area contributed by atoms with Crippen LogP contribution in [-0.4, -0.2) is 50.9 Å². The normalized spacial score (nSPS) is 20.9. The largest absolute Gasteiger partial charge is 0.374 e. The fraction of sp³-hybridized carbons (Fsp3) is 0.350. The van der Waals surface area contributed by atoms with Crippen LogP contribution >= 0.6 is 0 Å². The van der Waals surface area contributed by atoms with Gasteiger partial charge in [0.25, 0.3) is 6.43 Å². The van der Waals surface area contributed by atoms with Gasteiger partial charge in [0.2, 0.25) is 5.91 Å². The lowest BCUT2D eigenvalue weighted by molar-refractivity contribution is -0.136. The van der Waals surface area contributed by atoms with Crippen LogP contribution in [0, 0.1) is 5.82 Å². The van der Waals surface area contributed by atoms with Crippen LogP contribution in [0.15, 0.2) is 36.7 Å². The first-order chi connectivity index (χ1) is 14.0. The first kappa shape index (κ1) is 18.1. The molecule has 0 aliphatic carbocycles. The van der Waals surface area contributed by atoms with Gasteiger partial charge >= 0.3 is 0 Å². The number of likely N-dealkylation sites (tertiary alicyclic amines) is 1. The molecule has 29 heavy (non-hydrogen) atoms. The van der Waals surface area contributed by atoms with Gasteiger partial charge in [0, 0.05) is 18.3 Å². The number of alkyl halides is 2. The molecule has 6 nitrogen and oxygen atoms in total. The summed E-state index contributed by atoms with van der Waals surface area (Å²) in [5.41, 5.74) is 1.51. The van der Waals surface area contributed by atoms with Crippen molar-refractivity contribution in [3.05, 3.63) is 48.0 Å². The maximum absolute atomic E-state index is 13.6. The number of rotatable bonds is 4. The van der Waals surface area contributed by atoms with E-state index in [9.17, 15) is 18.0 Å². The maximum atomic E-state index is 13.6. The Morgan fingerprint density at radius 3 is 2.83 bits per heavy atom. The van der Waals surface area contributed by atoms with Crippen molar-refractivity contribution >= 4 is 16.9 Å². The molecule has 2 bridgehead atoms. The van der Waals surface area contributed by atoms with Crippen molar-refractivity contribution in [3.63, 3.8) is 0 Å². The second kappa shape index (κ2) is 6.84. The minimum absolute atomic E-state index is 0.0435. The SMILES string of the molecule is O=C(Cn1ncc2ncc(-c3ccc(F)c(C(F)F)c3)cc21)N1CC2CC1CO2. The van der Waals surface area contributed by atoms with E-state index in [4.69, 9.17) is 4.74 Å². The number of hydrogen-bond donors (Lipinski definition) is 0. The summed E-state index contributed by atoms with van der Waals surface area (Å²) in [6, 6.07) is 5.42. The van der Waals surface area contributed by atoms with Crippen LogP contribution in [0.5, 0.6) is 0 Å². The Bertz CT molecular complexity index is 1100. The number of nitrogens with zero attached hydrogens (tertiary/aromatic N) is 4. The highest BCUT2D eigenvalue weighted by atomic mass is 19.3. The van der Waals surface area contributed by atoms with E-state index in [2.05, 4.69) is 10.1 Å². The number of amides is 1. The van der Waals surface area contributed by atoms with Crippen LogP contribution in [0.3, 0.4) is 0 Å². The summed E-state index contributed by atoms with van der Waals surface area (Å²) < 4.78 is 46.7. The molecular weight excluding hydrogens is 385 g/mol. The third-order valence-corrected chi connectivity index (χ3v) is 5.57. The molecule has 4 heterocycles. The Balaban J connectivity index is 1.45.